The Morgan fingerprint density at radius 2 is 2.26 bits per heavy atom. The second-order valence-corrected chi connectivity index (χ2v) is 8.24. The van der Waals surface area contributed by atoms with Gasteiger partial charge >= 0.3 is 0 Å². The molecule has 1 atom stereocenters. The van der Waals surface area contributed by atoms with Crippen LogP contribution >= 0.6 is 11.3 Å². The number of hydrogen-bond acceptors (Lipinski definition) is 7. The van der Waals surface area contributed by atoms with Crippen molar-refractivity contribution in [1.29, 1.82) is 0 Å². The molecule has 1 amide bonds. The fourth-order valence-corrected chi connectivity index (χ4v) is 4.07. The summed E-state index contributed by atoms with van der Waals surface area (Å²) >= 11 is 1.56. The molecule has 27 heavy (non-hydrogen) atoms. The Hall–Kier alpha value is -1.77. The van der Waals surface area contributed by atoms with E-state index in [1.807, 2.05) is 22.4 Å². The monoisotopic (exact) mass is 391 g/mol. The smallest absolute Gasteiger partial charge is 0.257 e. The number of carbonyl (C=O) groups excluding carboxylic acids is 1. The summed E-state index contributed by atoms with van der Waals surface area (Å²) in [6, 6.07) is 4.43. The number of likely N-dealkylation sites (tertiary alicyclic amines) is 1. The topological polar surface area (TPSA) is 65.7 Å². The molecule has 0 saturated carbocycles. The molecule has 0 radical (unpaired) electrons. The summed E-state index contributed by atoms with van der Waals surface area (Å²) in [7, 11) is 4.22. The molecular weight excluding hydrogens is 362 g/mol. The standard InChI is InChI=1S/C19H29N5O2S/c1-4-9-24(13-17-20-21-19(26-17)16-8-6-11-27-16)18(25)14-23-10-5-7-15(12-23)22(2)3/h6,8,11,15H,4-5,7,9-10,12-14H2,1-3H3. The molecule has 1 aliphatic rings. The minimum atomic E-state index is 0.132. The van der Waals surface area contributed by atoms with Gasteiger partial charge in [-0.2, -0.15) is 0 Å². The first-order valence-corrected chi connectivity index (χ1v) is 10.5. The molecule has 1 unspecified atom stereocenters. The quantitative estimate of drug-likeness (QED) is 0.689. The van der Waals surface area contributed by atoms with E-state index in [4.69, 9.17) is 4.42 Å². The Kier molecular flexibility index (Phi) is 6.98. The molecule has 7 nitrogen and oxygen atoms in total. The minimum absolute atomic E-state index is 0.132. The van der Waals surface area contributed by atoms with Crippen molar-refractivity contribution in [2.75, 3.05) is 40.3 Å². The molecule has 0 spiro atoms. The predicted octanol–water partition coefficient (Wildman–Crippen LogP) is 2.56. The molecule has 0 aromatic carbocycles. The predicted molar refractivity (Wildman–Crippen MR) is 106 cm³/mol. The SMILES string of the molecule is CCCN(Cc1nnc(-c2cccs2)o1)C(=O)CN1CCCC(N(C)C)C1. The van der Waals surface area contributed by atoms with E-state index >= 15 is 0 Å². The van der Waals surface area contributed by atoms with Crippen LogP contribution in [0.2, 0.25) is 0 Å². The van der Waals surface area contributed by atoms with Gasteiger partial charge in [0.1, 0.15) is 0 Å². The van der Waals surface area contributed by atoms with E-state index in [1.165, 1.54) is 6.42 Å². The first-order chi connectivity index (χ1) is 13.1. The summed E-state index contributed by atoms with van der Waals surface area (Å²) in [6.45, 7) is 5.53. The zero-order chi connectivity index (χ0) is 19.2. The number of nitrogens with zero attached hydrogens (tertiary/aromatic N) is 5. The molecular formula is C19H29N5O2S. The van der Waals surface area contributed by atoms with E-state index in [0.29, 0.717) is 37.5 Å². The lowest BCUT2D eigenvalue weighted by Gasteiger charge is -2.36. The summed E-state index contributed by atoms with van der Waals surface area (Å²) < 4.78 is 5.77. The normalized spacial score (nSPS) is 18.1. The molecule has 3 rings (SSSR count). The summed E-state index contributed by atoms with van der Waals surface area (Å²) in [5.74, 6) is 1.14. The summed E-state index contributed by atoms with van der Waals surface area (Å²) in [4.78, 5) is 20.2. The van der Waals surface area contributed by atoms with Crippen LogP contribution in [0, 0.1) is 0 Å². The van der Waals surface area contributed by atoms with Crippen LogP contribution in [-0.2, 0) is 11.3 Å². The number of thiophene rings is 1. The van der Waals surface area contributed by atoms with E-state index in [-0.39, 0.29) is 5.91 Å². The maximum absolute atomic E-state index is 12.9. The first-order valence-electron chi connectivity index (χ1n) is 9.59. The van der Waals surface area contributed by atoms with Gasteiger partial charge in [-0.25, -0.2) is 0 Å². The van der Waals surface area contributed by atoms with Crippen LogP contribution in [0.4, 0.5) is 0 Å². The van der Waals surface area contributed by atoms with Gasteiger partial charge in [-0.1, -0.05) is 13.0 Å². The average molecular weight is 392 g/mol. The number of rotatable bonds is 8. The average Bonchev–Trinajstić information content (AvgIpc) is 3.33. The molecule has 0 aliphatic carbocycles. The van der Waals surface area contributed by atoms with E-state index in [1.54, 1.807) is 11.3 Å². The third kappa shape index (κ3) is 5.37. The van der Waals surface area contributed by atoms with E-state index in [2.05, 4.69) is 41.0 Å². The summed E-state index contributed by atoms with van der Waals surface area (Å²) in [5, 5.41) is 10.2. The van der Waals surface area contributed by atoms with Gasteiger partial charge in [0.15, 0.2) is 0 Å². The van der Waals surface area contributed by atoms with Gasteiger partial charge in [0, 0.05) is 19.1 Å². The highest BCUT2D eigenvalue weighted by atomic mass is 32.1. The number of hydrogen-bond donors (Lipinski definition) is 0. The van der Waals surface area contributed by atoms with Crippen LogP contribution in [0.5, 0.6) is 0 Å². The van der Waals surface area contributed by atoms with Crippen LogP contribution < -0.4 is 0 Å². The van der Waals surface area contributed by atoms with Gasteiger partial charge < -0.3 is 14.2 Å². The molecule has 8 heteroatoms. The van der Waals surface area contributed by atoms with Gasteiger partial charge in [0.05, 0.1) is 18.0 Å². The van der Waals surface area contributed by atoms with E-state index in [9.17, 15) is 4.79 Å². The molecule has 1 fully saturated rings. The van der Waals surface area contributed by atoms with Crippen molar-refractivity contribution in [3.8, 4) is 10.8 Å². The number of carbonyl (C=O) groups is 1. The highest BCUT2D eigenvalue weighted by Gasteiger charge is 2.25. The van der Waals surface area contributed by atoms with Crippen molar-refractivity contribution in [2.24, 2.45) is 0 Å². The van der Waals surface area contributed by atoms with E-state index in [0.717, 1.165) is 30.8 Å². The second-order valence-electron chi connectivity index (χ2n) is 7.29. The largest absolute Gasteiger partial charge is 0.418 e. The lowest BCUT2D eigenvalue weighted by Crippen LogP contribution is -2.49. The van der Waals surface area contributed by atoms with Crippen LogP contribution in [0.3, 0.4) is 0 Å². The van der Waals surface area contributed by atoms with Crippen LogP contribution in [-0.4, -0.2) is 77.1 Å². The maximum atomic E-state index is 12.9. The van der Waals surface area contributed by atoms with Crippen molar-refractivity contribution in [1.82, 2.24) is 24.9 Å². The number of amides is 1. The molecule has 0 N–H and O–H groups in total. The Morgan fingerprint density at radius 1 is 1.41 bits per heavy atom. The highest BCUT2D eigenvalue weighted by molar-refractivity contribution is 7.13. The van der Waals surface area contributed by atoms with Crippen molar-refractivity contribution >= 4 is 17.2 Å². The third-order valence-corrected chi connectivity index (χ3v) is 5.80. The zero-order valence-electron chi connectivity index (χ0n) is 16.4. The summed E-state index contributed by atoms with van der Waals surface area (Å²) in [5.41, 5.74) is 0. The van der Waals surface area contributed by atoms with Gasteiger partial charge in [-0.15, -0.1) is 21.5 Å². The van der Waals surface area contributed by atoms with Crippen molar-refractivity contribution in [3.63, 3.8) is 0 Å². The van der Waals surface area contributed by atoms with Crippen molar-refractivity contribution < 1.29 is 9.21 Å². The summed E-state index contributed by atoms with van der Waals surface area (Å²) in [6.07, 6.45) is 3.24. The molecule has 0 bridgehead atoms. The van der Waals surface area contributed by atoms with Crippen molar-refractivity contribution in [3.05, 3.63) is 23.4 Å². The number of aromatic nitrogens is 2. The van der Waals surface area contributed by atoms with Crippen molar-refractivity contribution in [2.45, 2.75) is 38.8 Å². The lowest BCUT2D eigenvalue weighted by molar-refractivity contribution is -0.133. The Morgan fingerprint density at radius 3 is 2.96 bits per heavy atom. The fraction of sp³-hybridized carbons (Fsp3) is 0.632. The fourth-order valence-electron chi connectivity index (χ4n) is 3.43. The Bertz CT molecular complexity index is 716. The van der Waals surface area contributed by atoms with Gasteiger partial charge in [0.25, 0.3) is 5.89 Å². The van der Waals surface area contributed by atoms with Crippen LogP contribution in [0.15, 0.2) is 21.9 Å². The number of likely N-dealkylation sites (N-methyl/N-ethyl adjacent to an activating group) is 1. The third-order valence-electron chi connectivity index (χ3n) is 4.94. The molecule has 148 valence electrons. The van der Waals surface area contributed by atoms with Gasteiger partial charge in [-0.3, -0.25) is 9.69 Å². The van der Waals surface area contributed by atoms with Gasteiger partial charge in [-0.05, 0) is 51.3 Å². The van der Waals surface area contributed by atoms with Crippen LogP contribution in [0.25, 0.3) is 10.8 Å². The first kappa shape index (κ1) is 20.0. The molecule has 3 heterocycles. The van der Waals surface area contributed by atoms with Gasteiger partial charge in [0.2, 0.25) is 11.8 Å². The highest BCUT2D eigenvalue weighted by Crippen LogP contribution is 2.23. The van der Waals surface area contributed by atoms with E-state index < -0.39 is 0 Å². The van der Waals surface area contributed by atoms with Crippen LogP contribution in [0.1, 0.15) is 32.1 Å². The Balaban J connectivity index is 1.60. The second kappa shape index (κ2) is 9.43. The minimum Gasteiger partial charge on any atom is -0.418 e. The lowest BCUT2D eigenvalue weighted by atomic mass is 10.0. The maximum Gasteiger partial charge on any atom is 0.257 e. The molecule has 2 aromatic heterocycles. The zero-order valence-corrected chi connectivity index (χ0v) is 17.2. The Labute approximate surface area is 165 Å². The number of piperidine rings is 1. The molecule has 2 aromatic rings. The molecule has 1 aliphatic heterocycles. The molecule has 1 saturated heterocycles.